The number of hydrogen-bond acceptors (Lipinski definition) is 4. The molecule has 0 fully saturated rings. The Morgan fingerprint density at radius 3 is 2.73 bits per heavy atom. The Bertz CT molecular complexity index is 835. The average molecular weight is 362 g/mol. The van der Waals surface area contributed by atoms with Crippen molar-refractivity contribution in [1.29, 1.82) is 0 Å². The van der Waals surface area contributed by atoms with E-state index in [1.165, 1.54) is 18.2 Å². The van der Waals surface area contributed by atoms with Gasteiger partial charge in [0.25, 0.3) is 5.91 Å². The zero-order valence-corrected chi connectivity index (χ0v) is 12.7. The molecule has 1 amide bonds. The van der Waals surface area contributed by atoms with E-state index in [1.807, 2.05) is 6.07 Å². The largest absolute Gasteiger partial charge is 0.403 e. The minimum Gasteiger partial charge on any atom is -0.403 e. The molecule has 0 spiro atoms. The third kappa shape index (κ3) is 3.20. The smallest absolute Gasteiger partial charge is 0.322 e. The van der Waals surface area contributed by atoms with Gasteiger partial charge < -0.3 is 4.42 Å². The number of nitrogens with zero attached hydrogens (tertiary/aromatic N) is 2. The lowest BCUT2D eigenvalue weighted by atomic mass is 10.2. The second-order valence-electron chi connectivity index (χ2n) is 4.39. The highest BCUT2D eigenvalue weighted by atomic mass is 79.9. The first-order valence-electron chi connectivity index (χ1n) is 6.28. The number of carbonyl (C=O) groups is 1. The Morgan fingerprint density at radius 1 is 1.14 bits per heavy atom. The van der Waals surface area contributed by atoms with Crippen molar-refractivity contribution >= 4 is 27.9 Å². The van der Waals surface area contributed by atoms with Crippen molar-refractivity contribution < 1.29 is 13.6 Å². The second-order valence-corrected chi connectivity index (χ2v) is 5.30. The Hall–Kier alpha value is -2.54. The van der Waals surface area contributed by atoms with E-state index in [2.05, 4.69) is 31.4 Å². The van der Waals surface area contributed by atoms with Gasteiger partial charge in [0.15, 0.2) is 0 Å². The molecule has 3 aromatic rings. The standard InChI is InChI=1S/C15H9BrFN3O2/c16-11-5-1-3-9(7-11)13(21)18-15-20-19-14(22-15)10-4-2-6-12(17)8-10/h1-8H,(H,18,20,21). The molecule has 5 nitrogen and oxygen atoms in total. The van der Waals surface area contributed by atoms with Crippen LogP contribution >= 0.6 is 15.9 Å². The highest BCUT2D eigenvalue weighted by Crippen LogP contribution is 2.21. The molecule has 1 aromatic heterocycles. The van der Waals surface area contributed by atoms with Crippen molar-refractivity contribution in [2.45, 2.75) is 0 Å². The molecule has 3 rings (SSSR count). The van der Waals surface area contributed by atoms with E-state index in [0.29, 0.717) is 11.1 Å². The zero-order chi connectivity index (χ0) is 15.5. The van der Waals surface area contributed by atoms with Crippen LogP contribution in [0.1, 0.15) is 10.4 Å². The summed E-state index contributed by atoms with van der Waals surface area (Å²) in [7, 11) is 0. The Kier molecular flexibility index (Phi) is 3.97. The number of nitrogens with one attached hydrogen (secondary N) is 1. The summed E-state index contributed by atoms with van der Waals surface area (Å²) in [4.78, 5) is 12.0. The minimum atomic E-state index is -0.407. The molecule has 1 N–H and O–H groups in total. The van der Waals surface area contributed by atoms with E-state index in [9.17, 15) is 9.18 Å². The normalized spacial score (nSPS) is 10.5. The number of aromatic nitrogens is 2. The van der Waals surface area contributed by atoms with E-state index in [-0.39, 0.29) is 17.8 Å². The predicted molar refractivity (Wildman–Crippen MR) is 81.8 cm³/mol. The SMILES string of the molecule is O=C(Nc1nnc(-c2cccc(F)c2)o1)c1cccc(Br)c1. The van der Waals surface area contributed by atoms with Crippen molar-refractivity contribution in [2.24, 2.45) is 0 Å². The van der Waals surface area contributed by atoms with Crippen molar-refractivity contribution in [3.63, 3.8) is 0 Å². The van der Waals surface area contributed by atoms with Crippen LogP contribution in [-0.4, -0.2) is 16.1 Å². The predicted octanol–water partition coefficient (Wildman–Crippen LogP) is 3.89. The summed E-state index contributed by atoms with van der Waals surface area (Å²) in [6.07, 6.45) is 0. The minimum absolute atomic E-state index is 0.0516. The lowest BCUT2D eigenvalue weighted by Crippen LogP contribution is -2.11. The highest BCUT2D eigenvalue weighted by Gasteiger charge is 2.13. The van der Waals surface area contributed by atoms with Crippen LogP contribution in [0.4, 0.5) is 10.4 Å². The van der Waals surface area contributed by atoms with Gasteiger partial charge in [0.2, 0.25) is 5.89 Å². The number of halogens is 2. The van der Waals surface area contributed by atoms with Gasteiger partial charge in [-0.05, 0) is 36.4 Å². The molecule has 0 saturated carbocycles. The molecular formula is C15H9BrFN3O2. The van der Waals surface area contributed by atoms with Crippen LogP contribution in [0.15, 0.2) is 57.4 Å². The van der Waals surface area contributed by atoms with E-state index >= 15 is 0 Å². The molecule has 2 aromatic carbocycles. The third-order valence-corrected chi connectivity index (χ3v) is 3.30. The van der Waals surface area contributed by atoms with Crippen LogP contribution in [0.2, 0.25) is 0 Å². The third-order valence-electron chi connectivity index (χ3n) is 2.80. The molecule has 0 unspecified atom stereocenters. The van der Waals surface area contributed by atoms with Gasteiger partial charge in [0.05, 0.1) is 0 Å². The monoisotopic (exact) mass is 361 g/mol. The van der Waals surface area contributed by atoms with Crippen molar-refractivity contribution in [2.75, 3.05) is 5.32 Å². The zero-order valence-electron chi connectivity index (χ0n) is 11.1. The van der Waals surface area contributed by atoms with Gasteiger partial charge >= 0.3 is 6.01 Å². The molecular weight excluding hydrogens is 353 g/mol. The molecule has 7 heteroatoms. The maximum absolute atomic E-state index is 13.2. The molecule has 0 aliphatic heterocycles. The van der Waals surface area contributed by atoms with Crippen LogP contribution < -0.4 is 5.32 Å². The van der Waals surface area contributed by atoms with Gasteiger partial charge in [-0.3, -0.25) is 10.1 Å². The van der Waals surface area contributed by atoms with Gasteiger partial charge in [0, 0.05) is 15.6 Å². The van der Waals surface area contributed by atoms with Gasteiger partial charge in [-0.1, -0.05) is 33.2 Å². The Labute approximate surface area is 133 Å². The fraction of sp³-hybridized carbons (Fsp3) is 0. The summed E-state index contributed by atoms with van der Waals surface area (Å²) in [6.45, 7) is 0. The second kappa shape index (κ2) is 6.07. The molecule has 0 saturated heterocycles. The van der Waals surface area contributed by atoms with Crippen LogP contribution in [-0.2, 0) is 0 Å². The lowest BCUT2D eigenvalue weighted by Gasteiger charge is -2.00. The van der Waals surface area contributed by atoms with Crippen molar-refractivity contribution in [3.8, 4) is 11.5 Å². The number of anilines is 1. The number of rotatable bonds is 3. The van der Waals surface area contributed by atoms with Gasteiger partial charge in [-0.15, -0.1) is 5.10 Å². The van der Waals surface area contributed by atoms with E-state index in [4.69, 9.17) is 4.42 Å². The maximum atomic E-state index is 13.2. The molecule has 0 aliphatic carbocycles. The number of hydrogen-bond donors (Lipinski definition) is 1. The average Bonchev–Trinajstić information content (AvgIpc) is 2.96. The summed E-state index contributed by atoms with van der Waals surface area (Å²) >= 11 is 3.29. The van der Waals surface area contributed by atoms with Crippen LogP contribution in [0.25, 0.3) is 11.5 Å². The first-order chi connectivity index (χ1) is 10.6. The topological polar surface area (TPSA) is 68.0 Å². The number of amides is 1. The van der Waals surface area contributed by atoms with Crippen LogP contribution in [0.5, 0.6) is 0 Å². The first-order valence-corrected chi connectivity index (χ1v) is 7.07. The summed E-state index contributed by atoms with van der Waals surface area (Å²) in [5.41, 5.74) is 0.885. The molecule has 1 heterocycles. The molecule has 110 valence electrons. The lowest BCUT2D eigenvalue weighted by molar-refractivity contribution is 0.102. The summed E-state index contributed by atoms with van der Waals surface area (Å²) < 4.78 is 19.3. The Morgan fingerprint density at radius 2 is 1.95 bits per heavy atom. The van der Waals surface area contributed by atoms with Gasteiger partial charge in [-0.2, -0.15) is 0 Å². The fourth-order valence-electron chi connectivity index (χ4n) is 1.81. The van der Waals surface area contributed by atoms with E-state index in [1.54, 1.807) is 24.3 Å². The van der Waals surface area contributed by atoms with E-state index in [0.717, 1.165) is 4.47 Å². The fourth-order valence-corrected chi connectivity index (χ4v) is 2.21. The number of carbonyl (C=O) groups excluding carboxylic acids is 1. The highest BCUT2D eigenvalue weighted by molar-refractivity contribution is 9.10. The molecule has 0 radical (unpaired) electrons. The molecule has 0 aliphatic rings. The van der Waals surface area contributed by atoms with Crippen LogP contribution in [0.3, 0.4) is 0 Å². The van der Waals surface area contributed by atoms with Crippen molar-refractivity contribution in [1.82, 2.24) is 10.2 Å². The molecule has 0 atom stereocenters. The summed E-state index contributed by atoms with van der Waals surface area (Å²) in [5.74, 6) is -0.657. The van der Waals surface area contributed by atoms with Crippen LogP contribution in [0, 0.1) is 5.82 Å². The van der Waals surface area contributed by atoms with Gasteiger partial charge in [0.1, 0.15) is 5.82 Å². The van der Waals surface area contributed by atoms with Gasteiger partial charge in [-0.25, -0.2) is 4.39 Å². The first kappa shape index (κ1) is 14.4. The maximum Gasteiger partial charge on any atom is 0.322 e. The molecule has 22 heavy (non-hydrogen) atoms. The quantitative estimate of drug-likeness (QED) is 0.768. The Balaban J connectivity index is 1.78. The summed E-state index contributed by atoms with van der Waals surface area (Å²) in [6, 6.07) is 12.6. The molecule has 0 bridgehead atoms. The number of benzene rings is 2. The van der Waals surface area contributed by atoms with Crippen molar-refractivity contribution in [3.05, 3.63) is 64.4 Å². The summed E-state index contributed by atoms with van der Waals surface area (Å²) in [5, 5.41) is 10.0. The van der Waals surface area contributed by atoms with E-state index < -0.39 is 5.82 Å².